The van der Waals surface area contributed by atoms with Crippen molar-refractivity contribution >= 4 is 29.1 Å². The van der Waals surface area contributed by atoms with Gasteiger partial charge in [-0.1, -0.05) is 38.9 Å². The summed E-state index contributed by atoms with van der Waals surface area (Å²) in [6, 6.07) is 5.21. The standard InChI is InChI=1S/C44H66N6O10/c1-12-35-44(9,55)33-16-15-32(48-57-23-31-14-17-36(45-22-31)50-19-13-18-46-50)24-56-43(8,21-25(2)37(27(33)4)47-30(7)51)40(28(5)38(52)29(6)41(54)59-35)60-42-39(53)34(49(10)11)20-26(3)58-42/h13-14,17-19,22,25-29,33-35,39-40,42,53,55H,12,15-16,20-21,23-24H2,1-11H3/b47-37?,48-32+/t25-,26-,27-,28+,29-,33-,34+,35-,39-,40-,42+,43-,44+/m1/s1. The van der Waals surface area contributed by atoms with E-state index in [1.165, 1.54) is 13.8 Å². The van der Waals surface area contributed by atoms with Gasteiger partial charge in [0.25, 0.3) is 0 Å². The van der Waals surface area contributed by atoms with Gasteiger partial charge in [0.2, 0.25) is 5.91 Å². The Labute approximate surface area is 354 Å². The van der Waals surface area contributed by atoms with Gasteiger partial charge < -0.3 is 38.9 Å². The van der Waals surface area contributed by atoms with Gasteiger partial charge in [0.15, 0.2) is 17.9 Å². The number of esters is 1. The van der Waals surface area contributed by atoms with Gasteiger partial charge in [0.05, 0.1) is 30.1 Å². The van der Waals surface area contributed by atoms with Crippen LogP contribution in [0.4, 0.5) is 0 Å². The molecule has 3 fully saturated rings. The Hall–Kier alpha value is -3.93. The van der Waals surface area contributed by atoms with Crippen molar-refractivity contribution in [2.75, 3.05) is 20.7 Å². The topological polar surface area (TPSA) is 196 Å². The van der Waals surface area contributed by atoms with Crippen molar-refractivity contribution < 1.29 is 48.4 Å². The maximum atomic E-state index is 14.5. The minimum absolute atomic E-state index is 0.0596. The fourth-order valence-corrected chi connectivity index (χ4v) is 9.37. The van der Waals surface area contributed by atoms with Crippen LogP contribution in [-0.4, -0.2) is 128 Å². The summed E-state index contributed by atoms with van der Waals surface area (Å²) >= 11 is 0. The van der Waals surface area contributed by atoms with E-state index in [9.17, 15) is 24.6 Å². The number of hydrogen-bond donors (Lipinski definition) is 2. The normalized spacial score (nSPS) is 37.6. The quantitative estimate of drug-likeness (QED) is 0.211. The maximum Gasteiger partial charge on any atom is 0.316 e. The minimum atomic E-state index is -1.63. The molecule has 3 aliphatic rings. The molecule has 0 radical (unpaired) electrons. The number of aliphatic imine (C=N–C) groups is 1. The van der Waals surface area contributed by atoms with Gasteiger partial charge in [-0.25, -0.2) is 14.7 Å². The zero-order valence-corrected chi connectivity index (χ0v) is 37.1. The molecule has 0 unspecified atom stereocenters. The number of aromatic nitrogens is 3. The van der Waals surface area contributed by atoms with Crippen LogP contribution in [-0.2, 0) is 44.8 Å². The molecule has 2 N–H and O–H groups in total. The number of pyridine rings is 1. The molecule has 5 heterocycles. The van der Waals surface area contributed by atoms with Crippen molar-refractivity contribution in [1.82, 2.24) is 19.7 Å². The summed E-state index contributed by atoms with van der Waals surface area (Å²) in [7, 11) is 3.75. The second-order valence-corrected chi connectivity index (χ2v) is 17.7. The van der Waals surface area contributed by atoms with E-state index in [4.69, 9.17) is 23.8 Å². The molecule has 2 aromatic rings. The van der Waals surface area contributed by atoms with Crippen LogP contribution in [0.5, 0.6) is 0 Å². The van der Waals surface area contributed by atoms with Crippen molar-refractivity contribution in [3.05, 3.63) is 42.4 Å². The number of aliphatic hydroxyl groups excluding tert-OH is 1. The number of likely N-dealkylation sites (N-methyl/N-ethyl adjacent to an activating group) is 1. The highest BCUT2D eigenvalue weighted by Gasteiger charge is 2.52. The van der Waals surface area contributed by atoms with E-state index in [0.29, 0.717) is 30.1 Å². The molecule has 0 spiro atoms. The lowest BCUT2D eigenvalue weighted by atomic mass is 9.68. The predicted molar refractivity (Wildman–Crippen MR) is 223 cm³/mol. The number of rotatable bonds is 8. The first-order chi connectivity index (χ1) is 28.3. The molecule has 16 heteroatoms. The van der Waals surface area contributed by atoms with E-state index in [2.05, 4.69) is 20.2 Å². The van der Waals surface area contributed by atoms with E-state index in [1.54, 1.807) is 37.1 Å². The van der Waals surface area contributed by atoms with Crippen LogP contribution in [0.3, 0.4) is 0 Å². The maximum absolute atomic E-state index is 14.5. The molecule has 332 valence electrons. The second kappa shape index (κ2) is 19.8. The predicted octanol–water partition coefficient (Wildman–Crippen LogP) is 4.71. The summed E-state index contributed by atoms with van der Waals surface area (Å²) in [5.74, 6) is -4.79. The average Bonchev–Trinajstić information content (AvgIpc) is 3.74. The van der Waals surface area contributed by atoms with Gasteiger partial charge in [0.1, 0.15) is 30.3 Å². The number of hydrogen-bond acceptors (Lipinski definition) is 14. The van der Waals surface area contributed by atoms with Gasteiger partial charge in [-0.15, -0.1) is 0 Å². The van der Waals surface area contributed by atoms with Gasteiger partial charge in [-0.3, -0.25) is 14.4 Å². The third kappa shape index (κ3) is 10.7. The van der Waals surface area contributed by atoms with Crippen LogP contribution in [0.25, 0.3) is 5.82 Å². The molecule has 13 atom stereocenters. The molecular weight excluding hydrogens is 773 g/mol. The SMILES string of the molecule is CC[C@H]1OC(=O)[C@H](C)C(=O)[C@H](C)[C@@H](O[C@@H]2O[C@H](C)C[C@H](N(C)C)[C@H]2O)[C@@]2(C)C[C@@H](C)C(=NC(C)=O)[C@H](C)[C@@H](CC/C(=N\OCc3ccc(-n4cccn4)nc3)CO2)[C@]1(C)O. The van der Waals surface area contributed by atoms with Crippen molar-refractivity contribution in [2.24, 2.45) is 39.7 Å². The van der Waals surface area contributed by atoms with E-state index in [1.807, 2.05) is 71.8 Å². The molecule has 1 amide bonds. The molecule has 5 rings (SSSR count). The average molecular weight is 839 g/mol. The van der Waals surface area contributed by atoms with Gasteiger partial charge in [-0.05, 0) is 97.9 Å². The second-order valence-electron chi connectivity index (χ2n) is 17.7. The Kier molecular flexibility index (Phi) is 15.6. The number of Topliss-reactive ketones (excluding diaryl/α,β-unsaturated/α-hetero) is 1. The van der Waals surface area contributed by atoms with Crippen LogP contribution in [0.1, 0.15) is 100.0 Å². The fraction of sp³-hybridized carbons (Fsp3) is 0.705. The van der Waals surface area contributed by atoms with Gasteiger partial charge in [0, 0.05) is 54.7 Å². The number of carbonyl (C=O) groups excluding carboxylic acids is 3. The van der Waals surface area contributed by atoms with E-state index in [0.717, 1.165) is 5.56 Å². The van der Waals surface area contributed by atoms with Crippen molar-refractivity contribution in [3.63, 3.8) is 0 Å². The molecule has 2 bridgehead atoms. The van der Waals surface area contributed by atoms with Crippen molar-refractivity contribution in [1.29, 1.82) is 0 Å². The Morgan fingerprint density at radius 1 is 1.12 bits per heavy atom. The summed E-state index contributed by atoms with van der Waals surface area (Å²) < 4.78 is 27.7. The summed E-state index contributed by atoms with van der Waals surface area (Å²) in [6.07, 6.45) is 2.12. The zero-order valence-electron chi connectivity index (χ0n) is 37.1. The Morgan fingerprint density at radius 2 is 1.85 bits per heavy atom. The first-order valence-corrected chi connectivity index (χ1v) is 21.2. The van der Waals surface area contributed by atoms with E-state index >= 15 is 0 Å². The third-order valence-corrected chi connectivity index (χ3v) is 12.7. The molecule has 0 saturated carbocycles. The monoisotopic (exact) mass is 838 g/mol. The largest absolute Gasteiger partial charge is 0.459 e. The highest BCUT2D eigenvalue weighted by Crippen LogP contribution is 2.42. The van der Waals surface area contributed by atoms with E-state index < -0.39 is 83.1 Å². The lowest BCUT2D eigenvalue weighted by Crippen LogP contribution is -2.59. The number of aliphatic hydroxyl groups is 2. The molecule has 2 aromatic heterocycles. The van der Waals surface area contributed by atoms with Crippen LogP contribution in [0.2, 0.25) is 0 Å². The summed E-state index contributed by atoms with van der Waals surface area (Å²) in [5, 5.41) is 33.0. The number of nitrogens with zero attached hydrogens (tertiary/aromatic N) is 6. The minimum Gasteiger partial charge on any atom is -0.459 e. The molecule has 3 aliphatic heterocycles. The Balaban J connectivity index is 1.63. The fourth-order valence-electron chi connectivity index (χ4n) is 9.37. The number of carbonyl (C=O) groups is 3. The zero-order chi connectivity index (χ0) is 44.1. The first kappa shape index (κ1) is 47.1. The highest BCUT2D eigenvalue weighted by atomic mass is 16.7. The molecule has 0 aliphatic carbocycles. The number of cyclic esters (lactones) is 1. The smallest absolute Gasteiger partial charge is 0.316 e. The first-order valence-electron chi connectivity index (χ1n) is 21.2. The van der Waals surface area contributed by atoms with Crippen LogP contribution < -0.4 is 0 Å². The molecule has 0 aromatic carbocycles. The number of fused-ring (bicyclic) bond motifs is 5. The lowest BCUT2D eigenvalue weighted by molar-refractivity contribution is -0.296. The third-order valence-electron chi connectivity index (χ3n) is 12.7. The number of ketones is 1. The van der Waals surface area contributed by atoms with Crippen LogP contribution in [0.15, 0.2) is 46.9 Å². The van der Waals surface area contributed by atoms with Crippen molar-refractivity contribution in [2.45, 2.75) is 149 Å². The summed E-state index contributed by atoms with van der Waals surface area (Å²) in [5.41, 5.74) is -1.17. The van der Waals surface area contributed by atoms with Crippen LogP contribution >= 0.6 is 0 Å². The van der Waals surface area contributed by atoms with Crippen LogP contribution in [0, 0.1) is 29.6 Å². The van der Waals surface area contributed by atoms with Gasteiger partial charge >= 0.3 is 5.97 Å². The van der Waals surface area contributed by atoms with Crippen molar-refractivity contribution in [3.8, 4) is 5.82 Å². The van der Waals surface area contributed by atoms with Gasteiger partial charge in [-0.2, -0.15) is 5.10 Å². The number of amides is 1. The summed E-state index contributed by atoms with van der Waals surface area (Å²) in [6.45, 7) is 15.7. The lowest BCUT2D eigenvalue weighted by Gasteiger charge is -2.47. The van der Waals surface area contributed by atoms with E-state index in [-0.39, 0.29) is 44.6 Å². The molecule has 3 saturated heterocycles. The summed E-state index contributed by atoms with van der Waals surface area (Å²) in [4.78, 5) is 58.3. The molecule has 16 nitrogen and oxygen atoms in total. The highest BCUT2D eigenvalue weighted by molar-refractivity contribution is 6.00. The molecule has 60 heavy (non-hydrogen) atoms. The number of ether oxygens (including phenoxy) is 4. The Morgan fingerprint density at radius 3 is 2.47 bits per heavy atom. The number of oxime groups is 1. The Bertz CT molecular complexity index is 1830. The molecular formula is C44H66N6O10.